The molecule has 0 N–H and O–H groups in total. The first-order valence-electron chi connectivity index (χ1n) is 9.22. The average molecular weight is 404 g/mol. The molecule has 5 nitrogen and oxygen atoms in total. The molecule has 1 aliphatic rings. The van der Waals surface area contributed by atoms with Crippen LogP contribution in [0.3, 0.4) is 0 Å². The van der Waals surface area contributed by atoms with Crippen molar-refractivity contribution in [1.29, 1.82) is 0 Å². The maximum atomic E-state index is 13.5. The minimum absolute atomic E-state index is 0.298. The summed E-state index contributed by atoms with van der Waals surface area (Å²) >= 11 is 1.45. The van der Waals surface area contributed by atoms with Gasteiger partial charge in [0.25, 0.3) is 11.8 Å². The minimum Gasteiger partial charge on any atom is -0.378 e. The molecule has 2 heterocycles. The minimum atomic E-state index is -0.317. The summed E-state index contributed by atoms with van der Waals surface area (Å²) in [5.74, 6) is -0.616. The molecule has 2 amide bonds. The van der Waals surface area contributed by atoms with E-state index in [-0.39, 0.29) is 11.8 Å². The van der Waals surface area contributed by atoms with Crippen molar-refractivity contribution in [2.45, 2.75) is 0 Å². The molecule has 0 radical (unpaired) electrons. The molecule has 6 heteroatoms. The van der Waals surface area contributed by atoms with E-state index in [2.05, 4.69) is 0 Å². The van der Waals surface area contributed by atoms with Crippen molar-refractivity contribution >= 4 is 45.8 Å². The van der Waals surface area contributed by atoms with Crippen molar-refractivity contribution in [3.05, 3.63) is 82.7 Å². The van der Waals surface area contributed by atoms with Crippen LogP contribution in [0.1, 0.15) is 4.88 Å². The van der Waals surface area contributed by atoms with Crippen LogP contribution < -0.4 is 14.7 Å². The second kappa shape index (κ2) is 7.56. The predicted molar refractivity (Wildman–Crippen MR) is 119 cm³/mol. The Hall–Kier alpha value is -3.38. The van der Waals surface area contributed by atoms with E-state index >= 15 is 0 Å². The van der Waals surface area contributed by atoms with E-state index < -0.39 is 0 Å². The molecule has 0 fully saturated rings. The molecule has 0 bridgehead atoms. The molecule has 0 saturated carbocycles. The van der Waals surface area contributed by atoms with Gasteiger partial charge in [0.1, 0.15) is 5.70 Å². The fraction of sp³-hybridized carbons (Fsp3) is 0.130. The topological polar surface area (TPSA) is 43.9 Å². The average Bonchev–Trinajstić information content (AvgIpc) is 3.34. The number of thiophene rings is 1. The highest BCUT2D eigenvalue weighted by molar-refractivity contribution is 7.11. The third-order valence-corrected chi connectivity index (χ3v) is 5.82. The highest BCUT2D eigenvalue weighted by Gasteiger charge is 2.42. The largest absolute Gasteiger partial charge is 0.378 e. The third kappa shape index (κ3) is 3.32. The summed E-state index contributed by atoms with van der Waals surface area (Å²) in [6.45, 7) is 0. The van der Waals surface area contributed by atoms with Gasteiger partial charge in [-0.15, -0.1) is 11.3 Å². The summed E-state index contributed by atoms with van der Waals surface area (Å²) < 4.78 is 0. The first-order chi connectivity index (χ1) is 14.0. The molecule has 146 valence electrons. The molecular formula is C23H21N3O2S. The van der Waals surface area contributed by atoms with Crippen LogP contribution in [0.15, 0.2) is 77.8 Å². The number of carbonyl (C=O) groups excluding carboxylic acids is 2. The lowest BCUT2D eigenvalue weighted by molar-refractivity contribution is -0.120. The number of carbonyl (C=O) groups is 2. The molecule has 1 aliphatic heterocycles. The lowest BCUT2D eigenvalue weighted by Crippen LogP contribution is -2.34. The number of anilines is 3. The van der Waals surface area contributed by atoms with Gasteiger partial charge in [0, 0.05) is 37.4 Å². The van der Waals surface area contributed by atoms with Gasteiger partial charge in [-0.3, -0.25) is 9.59 Å². The van der Waals surface area contributed by atoms with Crippen molar-refractivity contribution in [2.24, 2.45) is 0 Å². The standard InChI is InChI=1S/C23H21N3O2S/c1-24(2)16-11-13-18(14-12-16)26-22(27)20(19-10-7-15-29-19)21(23(26)28)25(3)17-8-5-4-6-9-17/h4-15H,1-3H3. The first kappa shape index (κ1) is 19.0. The summed E-state index contributed by atoms with van der Waals surface area (Å²) in [7, 11) is 5.72. The van der Waals surface area contributed by atoms with Gasteiger partial charge in [-0.1, -0.05) is 24.3 Å². The molecule has 1 aromatic heterocycles. The Labute approximate surface area is 174 Å². The zero-order chi connectivity index (χ0) is 20.5. The third-order valence-electron chi connectivity index (χ3n) is 4.93. The van der Waals surface area contributed by atoms with Crippen molar-refractivity contribution in [3.8, 4) is 0 Å². The number of hydrogen-bond acceptors (Lipinski definition) is 5. The van der Waals surface area contributed by atoms with Gasteiger partial charge in [-0.05, 0) is 47.8 Å². The Morgan fingerprint density at radius 1 is 0.759 bits per heavy atom. The monoisotopic (exact) mass is 403 g/mol. The quantitative estimate of drug-likeness (QED) is 0.598. The van der Waals surface area contributed by atoms with Gasteiger partial charge < -0.3 is 9.80 Å². The Kier molecular flexibility index (Phi) is 4.94. The Morgan fingerprint density at radius 2 is 1.45 bits per heavy atom. The fourth-order valence-electron chi connectivity index (χ4n) is 3.39. The second-order valence-corrected chi connectivity index (χ2v) is 7.90. The molecule has 0 atom stereocenters. The number of nitrogens with zero attached hydrogens (tertiary/aromatic N) is 3. The second-order valence-electron chi connectivity index (χ2n) is 6.95. The normalized spacial score (nSPS) is 14.0. The summed E-state index contributed by atoms with van der Waals surface area (Å²) in [6, 6.07) is 20.8. The smallest absolute Gasteiger partial charge is 0.282 e. The number of rotatable bonds is 5. The van der Waals surface area contributed by atoms with E-state index in [4.69, 9.17) is 0 Å². The van der Waals surface area contributed by atoms with Crippen molar-refractivity contribution in [1.82, 2.24) is 0 Å². The number of hydrogen-bond donors (Lipinski definition) is 0. The Balaban J connectivity index is 1.80. The zero-order valence-corrected chi connectivity index (χ0v) is 17.3. The number of benzene rings is 2. The van der Waals surface area contributed by atoms with Crippen LogP contribution in [-0.4, -0.2) is 33.0 Å². The van der Waals surface area contributed by atoms with Gasteiger partial charge in [0.2, 0.25) is 0 Å². The molecule has 0 spiro atoms. The number of imide groups is 1. The van der Waals surface area contributed by atoms with Gasteiger partial charge in [-0.25, -0.2) is 4.90 Å². The highest BCUT2D eigenvalue weighted by Crippen LogP contribution is 2.37. The molecule has 0 aliphatic carbocycles. The van der Waals surface area contributed by atoms with Gasteiger partial charge >= 0.3 is 0 Å². The SMILES string of the molecule is CN(C)c1ccc(N2C(=O)C(c3cccs3)=C(N(C)c3ccccc3)C2=O)cc1. The van der Waals surface area contributed by atoms with E-state index in [9.17, 15) is 9.59 Å². The molecule has 2 aromatic carbocycles. The lowest BCUT2D eigenvalue weighted by Gasteiger charge is -2.22. The maximum Gasteiger partial charge on any atom is 0.282 e. The summed E-state index contributed by atoms with van der Waals surface area (Å²) in [4.78, 5) is 32.7. The Bertz CT molecular complexity index is 1070. The van der Waals surface area contributed by atoms with Crippen LogP contribution in [0.4, 0.5) is 17.1 Å². The van der Waals surface area contributed by atoms with Crippen molar-refractivity contribution in [2.75, 3.05) is 35.8 Å². The van der Waals surface area contributed by atoms with Crippen LogP contribution in [-0.2, 0) is 9.59 Å². The zero-order valence-electron chi connectivity index (χ0n) is 16.5. The predicted octanol–water partition coefficient (Wildman–Crippen LogP) is 4.24. The maximum absolute atomic E-state index is 13.5. The molecule has 29 heavy (non-hydrogen) atoms. The van der Waals surface area contributed by atoms with Crippen LogP contribution in [0.25, 0.3) is 5.57 Å². The van der Waals surface area contributed by atoms with Crippen molar-refractivity contribution < 1.29 is 9.59 Å². The first-order valence-corrected chi connectivity index (χ1v) is 10.1. The van der Waals surface area contributed by atoms with E-state index in [0.717, 1.165) is 16.3 Å². The van der Waals surface area contributed by atoms with E-state index in [1.165, 1.54) is 16.2 Å². The van der Waals surface area contributed by atoms with Crippen LogP contribution in [0, 0.1) is 0 Å². The van der Waals surface area contributed by atoms with Crippen LogP contribution in [0.5, 0.6) is 0 Å². The van der Waals surface area contributed by atoms with E-state index in [0.29, 0.717) is 17.0 Å². The lowest BCUT2D eigenvalue weighted by atomic mass is 10.1. The molecule has 4 rings (SSSR count). The fourth-order valence-corrected chi connectivity index (χ4v) is 4.15. The number of amides is 2. The van der Waals surface area contributed by atoms with Crippen LogP contribution in [0.2, 0.25) is 0 Å². The van der Waals surface area contributed by atoms with E-state index in [1.54, 1.807) is 4.90 Å². The van der Waals surface area contributed by atoms with Crippen molar-refractivity contribution in [3.63, 3.8) is 0 Å². The molecule has 0 unspecified atom stereocenters. The molecular weight excluding hydrogens is 382 g/mol. The summed E-state index contributed by atoms with van der Waals surface area (Å²) in [5.41, 5.74) is 3.24. The van der Waals surface area contributed by atoms with Gasteiger partial charge in [-0.2, -0.15) is 0 Å². The van der Waals surface area contributed by atoms with Gasteiger partial charge in [0.15, 0.2) is 0 Å². The number of likely N-dealkylation sites (N-methyl/N-ethyl adjacent to an activating group) is 1. The molecule has 3 aromatic rings. The van der Waals surface area contributed by atoms with Crippen LogP contribution >= 0.6 is 11.3 Å². The molecule has 0 saturated heterocycles. The Morgan fingerprint density at radius 3 is 2.03 bits per heavy atom. The van der Waals surface area contributed by atoms with E-state index in [1.807, 2.05) is 98.2 Å². The number of para-hydroxylation sites is 1. The summed E-state index contributed by atoms with van der Waals surface area (Å²) in [6.07, 6.45) is 0. The summed E-state index contributed by atoms with van der Waals surface area (Å²) in [5, 5.41) is 1.91. The highest BCUT2D eigenvalue weighted by atomic mass is 32.1. The van der Waals surface area contributed by atoms with Gasteiger partial charge in [0.05, 0.1) is 11.3 Å².